The minimum atomic E-state index is -0.400. The van der Waals surface area contributed by atoms with Gasteiger partial charge in [-0.15, -0.1) is 0 Å². The smallest absolute Gasteiger partial charge is 0.259 e. The standard InChI is InChI=1S/C22H25FN4O2/c1-14-20-17(21(28)24-10-9-15-6-5-11-27(2)13-15)12-19(25-22(20)29-26-14)16-7-3-4-8-18(16)23/h3-4,7-8,12,15H,5-6,9-11,13H2,1-2H3,(H,24,28). The molecular formula is C22H25FN4O2. The highest BCUT2D eigenvalue weighted by molar-refractivity contribution is 6.07. The summed E-state index contributed by atoms with van der Waals surface area (Å²) in [5.41, 5.74) is 1.91. The van der Waals surface area contributed by atoms with Crippen LogP contribution in [0.5, 0.6) is 0 Å². The number of carbonyl (C=O) groups excluding carboxylic acids is 1. The summed E-state index contributed by atoms with van der Waals surface area (Å²) in [5, 5.41) is 7.53. The first-order chi connectivity index (χ1) is 14.0. The zero-order chi connectivity index (χ0) is 20.4. The van der Waals surface area contributed by atoms with Crippen LogP contribution in [0.25, 0.3) is 22.4 Å². The Balaban J connectivity index is 1.57. The first-order valence-electron chi connectivity index (χ1n) is 10.0. The first-order valence-corrected chi connectivity index (χ1v) is 10.0. The number of rotatable bonds is 5. The van der Waals surface area contributed by atoms with Crippen LogP contribution in [0.2, 0.25) is 0 Å². The van der Waals surface area contributed by atoms with Crippen LogP contribution in [0.4, 0.5) is 4.39 Å². The van der Waals surface area contributed by atoms with Crippen molar-refractivity contribution < 1.29 is 13.7 Å². The van der Waals surface area contributed by atoms with Crippen LogP contribution in [0.3, 0.4) is 0 Å². The van der Waals surface area contributed by atoms with Gasteiger partial charge in [0.1, 0.15) is 5.82 Å². The number of nitrogens with zero attached hydrogens (tertiary/aromatic N) is 3. The Labute approximate surface area is 169 Å². The van der Waals surface area contributed by atoms with Gasteiger partial charge in [0, 0.05) is 18.7 Å². The fourth-order valence-corrected chi connectivity index (χ4v) is 4.07. The van der Waals surface area contributed by atoms with Crippen molar-refractivity contribution in [2.24, 2.45) is 5.92 Å². The molecule has 7 heteroatoms. The molecule has 4 rings (SSSR count). The van der Waals surface area contributed by atoms with E-state index in [2.05, 4.69) is 27.4 Å². The zero-order valence-corrected chi connectivity index (χ0v) is 16.7. The van der Waals surface area contributed by atoms with Gasteiger partial charge in [0.05, 0.1) is 22.3 Å². The van der Waals surface area contributed by atoms with Gasteiger partial charge in [0.15, 0.2) is 0 Å². The third kappa shape index (κ3) is 4.15. The molecule has 29 heavy (non-hydrogen) atoms. The third-order valence-electron chi connectivity index (χ3n) is 5.57. The second kappa shape index (κ2) is 8.29. The van der Waals surface area contributed by atoms with E-state index in [0.717, 1.165) is 19.5 Å². The van der Waals surface area contributed by atoms with Gasteiger partial charge in [-0.2, -0.15) is 0 Å². The predicted octanol–water partition coefficient (Wildman–Crippen LogP) is 3.80. The fourth-order valence-electron chi connectivity index (χ4n) is 4.07. The number of benzene rings is 1. The summed E-state index contributed by atoms with van der Waals surface area (Å²) in [6.45, 7) is 4.58. The highest BCUT2D eigenvalue weighted by Gasteiger charge is 2.21. The highest BCUT2D eigenvalue weighted by Crippen LogP contribution is 2.28. The third-order valence-corrected chi connectivity index (χ3v) is 5.57. The van der Waals surface area contributed by atoms with Crippen molar-refractivity contribution in [3.05, 3.63) is 47.4 Å². The van der Waals surface area contributed by atoms with E-state index in [1.54, 1.807) is 31.2 Å². The molecule has 1 aliphatic rings. The normalized spacial score (nSPS) is 17.6. The van der Waals surface area contributed by atoms with Gasteiger partial charge in [-0.3, -0.25) is 4.79 Å². The Kier molecular flexibility index (Phi) is 5.58. The van der Waals surface area contributed by atoms with Crippen LogP contribution in [0.15, 0.2) is 34.9 Å². The van der Waals surface area contributed by atoms with Gasteiger partial charge in [-0.05, 0) is 63.9 Å². The number of halogens is 1. The molecule has 152 valence electrons. The lowest BCUT2D eigenvalue weighted by Crippen LogP contribution is -2.34. The number of pyridine rings is 1. The summed E-state index contributed by atoms with van der Waals surface area (Å²) in [7, 11) is 2.14. The van der Waals surface area contributed by atoms with Gasteiger partial charge in [-0.1, -0.05) is 17.3 Å². The van der Waals surface area contributed by atoms with E-state index in [4.69, 9.17) is 4.52 Å². The number of hydrogen-bond acceptors (Lipinski definition) is 5. The van der Waals surface area contributed by atoms with Crippen molar-refractivity contribution >= 4 is 17.0 Å². The Morgan fingerprint density at radius 2 is 2.21 bits per heavy atom. The number of likely N-dealkylation sites (tertiary alicyclic amines) is 1. The maximum atomic E-state index is 14.3. The summed E-state index contributed by atoms with van der Waals surface area (Å²) in [4.78, 5) is 19.7. The highest BCUT2D eigenvalue weighted by atomic mass is 19.1. The van der Waals surface area contributed by atoms with Crippen LogP contribution in [0.1, 0.15) is 35.3 Å². The number of hydrogen-bond donors (Lipinski definition) is 1. The minimum absolute atomic E-state index is 0.217. The summed E-state index contributed by atoms with van der Waals surface area (Å²) < 4.78 is 19.5. The van der Waals surface area contributed by atoms with Gasteiger partial charge in [0.2, 0.25) is 0 Å². The molecule has 0 aliphatic carbocycles. The molecular weight excluding hydrogens is 371 g/mol. The lowest BCUT2D eigenvalue weighted by molar-refractivity contribution is 0.0950. The summed E-state index contributed by atoms with van der Waals surface area (Å²) in [5.74, 6) is -0.0216. The number of fused-ring (bicyclic) bond motifs is 1. The van der Waals surface area contributed by atoms with Gasteiger partial charge < -0.3 is 14.7 Å². The molecule has 1 N–H and O–H groups in total. The van der Waals surface area contributed by atoms with E-state index < -0.39 is 5.82 Å². The Morgan fingerprint density at radius 1 is 1.38 bits per heavy atom. The van der Waals surface area contributed by atoms with Crippen LogP contribution in [-0.2, 0) is 0 Å². The van der Waals surface area contributed by atoms with E-state index >= 15 is 0 Å². The monoisotopic (exact) mass is 396 g/mol. The van der Waals surface area contributed by atoms with E-state index in [9.17, 15) is 9.18 Å². The lowest BCUT2D eigenvalue weighted by Gasteiger charge is -2.29. The van der Waals surface area contributed by atoms with E-state index in [1.165, 1.54) is 18.9 Å². The number of nitrogens with one attached hydrogen (secondary N) is 1. The second-order valence-electron chi connectivity index (χ2n) is 7.80. The van der Waals surface area contributed by atoms with Crippen molar-refractivity contribution in [3.63, 3.8) is 0 Å². The van der Waals surface area contributed by atoms with Crippen LogP contribution >= 0.6 is 0 Å². The average molecular weight is 396 g/mol. The molecule has 1 fully saturated rings. The van der Waals surface area contributed by atoms with Crippen molar-refractivity contribution in [2.45, 2.75) is 26.2 Å². The van der Waals surface area contributed by atoms with Crippen molar-refractivity contribution in [1.29, 1.82) is 0 Å². The summed E-state index contributed by atoms with van der Waals surface area (Å²) in [6.07, 6.45) is 3.33. The second-order valence-corrected chi connectivity index (χ2v) is 7.80. The molecule has 1 atom stereocenters. The Bertz CT molecular complexity index is 1030. The van der Waals surface area contributed by atoms with E-state index in [-0.39, 0.29) is 11.6 Å². The predicted molar refractivity (Wildman–Crippen MR) is 109 cm³/mol. The molecule has 1 aliphatic heterocycles. The molecule has 0 spiro atoms. The quantitative estimate of drug-likeness (QED) is 0.710. The molecule has 1 unspecified atom stereocenters. The molecule has 1 aromatic carbocycles. The number of amides is 1. The number of aryl methyl sites for hydroxylation is 1. The lowest BCUT2D eigenvalue weighted by atomic mass is 9.95. The first kappa shape index (κ1) is 19.5. The zero-order valence-electron chi connectivity index (χ0n) is 16.7. The Hall–Kier alpha value is -2.80. The number of piperidine rings is 1. The molecule has 0 radical (unpaired) electrons. The molecule has 3 heterocycles. The van der Waals surface area contributed by atoms with Crippen LogP contribution < -0.4 is 5.32 Å². The number of aromatic nitrogens is 2. The van der Waals surface area contributed by atoms with Crippen molar-refractivity contribution in [1.82, 2.24) is 20.4 Å². The fraction of sp³-hybridized carbons (Fsp3) is 0.409. The molecule has 0 bridgehead atoms. The van der Waals surface area contributed by atoms with Gasteiger partial charge in [-0.25, -0.2) is 9.37 Å². The largest absolute Gasteiger partial charge is 0.352 e. The topological polar surface area (TPSA) is 71.3 Å². The molecule has 2 aromatic heterocycles. The van der Waals surface area contributed by atoms with Gasteiger partial charge in [0.25, 0.3) is 11.6 Å². The van der Waals surface area contributed by atoms with Crippen molar-refractivity contribution in [2.75, 3.05) is 26.7 Å². The van der Waals surface area contributed by atoms with E-state index in [0.29, 0.717) is 40.4 Å². The molecule has 6 nitrogen and oxygen atoms in total. The summed E-state index contributed by atoms with van der Waals surface area (Å²) >= 11 is 0. The molecule has 1 saturated heterocycles. The van der Waals surface area contributed by atoms with Crippen LogP contribution in [0, 0.1) is 18.7 Å². The van der Waals surface area contributed by atoms with Crippen LogP contribution in [-0.4, -0.2) is 47.6 Å². The van der Waals surface area contributed by atoms with Crippen molar-refractivity contribution in [3.8, 4) is 11.3 Å². The average Bonchev–Trinajstić information content (AvgIpc) is 3.08. The SMILES string of the molecule is Cc1noc2nc(-c3ccccc3F)cc(C(=O)NCCC3CCCN(C)C3)c12. The maximum absolute atomic E-state index is 14.3. The molecule has 1 amide bonds. The molecule has 0 saturated carbocycles. The number of carbonyl (C=O) groups is 1. The van der Waals surface area contributed by atoms with E-state index in [1.807, 2.05) is 0 Å². The maximum Gasteiger partial charge on any atom is 0.259 e. The Morgan fingerprint density at radius 3 is 3.00 bits per heavy atom. The summed E-state index contributed by atoms with van der Waals surface area (Å²) in [6, 6.07) is 7.97. The minimum Gasteiger partial charge on any atom is -0.352 e. The molecule has 3 aromatic rings. The van der Waals surface area contributed by atoms with Gasteiger partial charge >= 0.3 is 0 Å².